The molecule has 0 fully saturated rings. The summed E-state index contributed by atoms with van der Waals surface area (Å²) in [6.45, 7) is 1.97. The summed E-state index contributed by atoms with van der Waals surface area (Å²) in [4.78, 5) is 16.1. The van der Waals surface area contributed by atoms with Crippen LogP contribution in [0.3, 0.4) is 0 Å². The van der Waals surface area contributed by atoms with E-state index in [0.29, 0.717) is 0 Å². The minimum Gasteiger partial charge on any atom is -0.295 e. The van der Waals surface area contributed by atoms with Crippen LogP contribution in [0.25, 0.3) is 22.2 Å². The normalized spacial score (nSPS) is 11.1. The molecule has 4 nitrogen and oxygen atoms in total. The summed E-state index contributed by atoms with van der Waals surface area (Å²) in [5.41, 5.74) is 5.09. The number of aromatic nitrogens is 3. The van der Waals surface area contributed by atoms with Crippen LogP contribution >= 0.6 is 0 Å². The number of imidazole rings is 1. The van der Waals surface area contributed by atoms with Gasteiger partial charge in [0.2, 0.25) is 0 Å². The number of fused-ring (bicyclic) bond motifs is 1. The van der Waals surface area contributed by atoms with E-state index in [-0.39, 0.29) is 5.69 Å². The maximum atomic E-state index is 11.9. The van der Waals surface area contributed by atoms with Crippen LogP contribution < -0.4 is 5.69 Å². The Balaban J connectivity index is 2.28. The van der Waals surface area contributed by atoms with Gasteiger partial charge in [-0.1, -0.05) is 6.07 Å². The summed E-state index contributed by atoms with van der Waals surface area (Å²) < 4.78 is 3.34. The highest BCUT2D eigenvalue weighted by atomic mass is 16.1. The maximum Gasteiger partial charge on any atom is 0.328 e. The smallest absolute Gasteiger partial charge is 0.295 e. The van der Waals surface area contributed by atoms with Gasteiger partial charge < -0.3 is 0 Å². The Morgan fingerprint density at radius 3 is 2.37 bits per heavy atom. The van der Waals surface area contributed by atoms with E-state index < -0.39 is 0 Å². The van der Waals surface area contributed by atoms with Crippen LogP contribution in [-0.2, 0) is 14.1 Å². The van der Waals surface area contributed by atoms with Gasteiger partial charge in [0.05, 0.1) is 11.0 Å². The maximum absolute atomic E-state index is 11.9. The molecule has 0 radical (unpaired) electrons. The monoisotopic (exact) mass is 253 g/mol. The number of benzene rings is 1. The predicted molar refractivity (Wildman–Crippen MR) is 76.1 cm³/mol. The van der Waals surface area contributed by atoms with Crippen LogP contribution in [0.4, 0.5) is 0 Å². The van der Waals surface area contributed by atoms with E-state index in [9.17, 15) is 4.79 Å². The van der Waals surface area contributed by atoms with Crippen molar-refractivity contribution in [3.63, 3.8) is 0 Å². The first-order valence-electron chi connectivity index (χ1n) is 6.16. The minimum absolute atomic E-state index is 0.00180. The van der Waals surface area contributed by atoms with Crippen LogP contribution in [0.2, 0.25) is 0 Å². The predicted octanol–water partition coefficient (Wildman–Crippen LogP) is 2.25. The average molecular weight is 253 g/mol. The van der Waals surface area contributed by atoms with E-state index in [2.05, 4.69) is 4.98 Å². The minimum atomic E-state index is -0.00180. The molecule has 0 N–H and O–H groups in total. The van der Waals surface area contributed by atoms with Gasteiger partial charge in [0.25, 0.3) is 0 Å². The standard InChI is InChI=1S/C15H15N3O/c1-10-8-12(6-7-16-10)11-4-5-13-14(9-11)18(3)15(19)17(13)2/h4-9H,1-3H3. The topological polar surface area (TPSA) is 39.8 Å². The molecule has 0 amide bonds. The lowest BCUT2D eigenvalue weighted by Gasteiger charge is -2.04. The molecule has 1 aromatic carbocycles. The lowest BCUT2D eigenvalue weighted by Crippen LogP contribution is -2.19. The molecule has 2 aromatic heterocycles. The van der Waals surface area contributed by atoms with Gasteiger partial charge in [-0.15, -0.1) is 0 Å². The summed E-state index contributed by atoms with van der Waals surface area (Å²) in [5, 5.41) is 0. The van der Waals surface area contributed by atoms with Gasteiger partial charge in [-0.25, -0.2) is 4.79 Å². The Morgan fingerprint density at radius 2 is 1.63 bits per heavy atom. The molecule has 2 heterocycles. The number of hydrogen-bond donors (Lipinski definition) is 0. The first-order chi connectivity index (χ1) is 9.08. The number of aryl methyl sites for hydroxylation is 3. The van der Waals surface area contributed by atoms with Crippen molar-refractivity contribution in [2.75, 3.05) is 0 Å². The molecule has 0 bridgehead atoms. The molecule has 0 spiro atoms. The molecule has 0 aliphatic rings. The summed E-state index contributed by atoms with van der Waals surface area (Å²) in [5.74, 6) is 0. The summed E-state index contributed by atoms with van der Waals surface area (Å²) in [6.07, 6.45) is 1.80. The fourth-order valence-corrected chi connectivity index (χ4v) is 2.41. The van der Waals surface area contributed by atoms with Gasteiger partial charge in [0.1, 0.15) is 0 Å². The zero-order valence-electron chi connectivity index (χ0n) is 11.2. The second-order valence-electron chi connectivity index (χ2n) is 4.79. The van der Waals surface area contributed by atoms with Gasteiger partial charge in [0.15, 0.2) is 0 Å². The molecule has 0 unspecified atom stereocenters. The molecule has 4 heteroatoms. The Labute approximate surface area is 110 Å². The fourth-order valence-electron chi connectivity index (χ4n) is 2.41. The van der Waals surface area contributed by atoms with Gasteiger partial charge in [-0.3, -0.25) is 14.1 Å². The summed E-state index contributed by atoms with van der Waals surface area (Å²) in [7, 11) is 3.59. The van der Waals surface area contributed by atoms with Gasteiger partial charge >= 0.3 is 5.69 Å². The Bertz CT molecular complexity index is 827. The third kappa shape index (κ3) is 1.76. The van der Waals surface area contributed by atoms with Crippen molar-refractivity contribution in [1.29, 1.82) is 0 Å². The Kier molecular flexibility index (Phi) is 2.52. The molecule has 3 rings (SSSR count). The van der Waals surface area contributed by atoms with Crippen molar-refractivity contribution in [3.8, 4) is 11.1 Å². The molecule has 0 aliphatic heterocycles. The number of hydrogen-bond acceptors (Lipinski definition) is 2. The van der Waals surface area contributed by atoms with Crippen molar-refractivity contribution in [1.82, 2.24) is 14.1 Å². The van der Waals surface area contributed by atoms with E-state index in [4.69, 9.17) is 0 Å². The van der Waals surface area contributed by atoms with Crippen LogP contribution in [0.1, 0.15) is 5.69 Å². The molecule has 3 aromatic rings. The second-order valence-corrected chi connectivity index (χ2v) is 4.79. The molecule has 96 valence electrons. The van der Waals surface area contributed by atoms with Crippen molar-refractivity contribution in [2.45, 2.75) is 6.92 Å². The zero-order chi connectivity index (χ0) is 13.6. The summed E-state index contributed by atoms with van der Waals surface area (Å²) in [6, 6.07) is 10.1. The molecule has 19 heavy (non-hydrogen) atoms. The lowest BCUT2D eigenvalue weighted by molar-refractivity contribution is 0.795. The van der Waals surface area contributed by atoms with E-state index in [0.717, 1.165) is 27.9 Å². The van der Waals surface area contributed by atoms with Gasteiger partial charge in [-0.05, 0) is 42.3 Å². The molecule has 0 atom stereocenters. The summed E-state index contributed by atoms with van der Waals surface area (Å²) >= 11 is 0. The quantitative estimate of drug-likeness (QED) is 0.667. The molecular formula is C15H15N3O. The first-order valence-corrected chi connectivity index (χ1v) is 6.16. The first kappa shape index (κ1) is 11.7. The number of pyridine rings is 1. The fraction of sp³-hybridized carbons (Fsp3) is 0.200. The van der Waals surface area contributed by atoms with E-state index in [1.807, 2.05) is 37.3 Å². The molecule has 0 aliphatic carbocycles. The van der Waals surface area contributed by atoms with E-state index >= 15 is 0 Å². The highest BCUT2D eigenvalue weighted by molar-refractivity contribution is 5.82. The highest BCUT2D eigenvalue weighted by Crippen LogP contribution is 2.23. The van der Waals surface area contributed by atoms with Crippen molar-refractivity contribution >= 4 is 11.0 Å². The van der Waals surface area contributed by atoms with Crippen LogP contribution in [0, 0.1) is 6.92 Å². The van der Waals surface area contributed by atoms with Gasteiger partial charge in [0, 0.05) is 26.0 Å². The van der Waals surface area contributed by atoms with Crippen LogP contribution in [0.5, 0.6) is 0 Å². The SMILES string of the molecule is Cc1cc(-c2ccc3c(c2)n(C)c(=O)n3C)ccn1. The van der Waals surface area contributed by atoms with Crippen LogP contribution in [0.15, 0.2) is 41.3 Å². The van der Waals surface area contributed by atoms with E-state index in [1.165, 1.54) is 0 Å². The molecule has 0 saturated heterocycles. The van der Waals surface area contributed by atoms with E-state index in [1.54, 1.807) is 29.4 Å². The average Bonchev–Trinajstić information content (AvgIpc) is 2.64. The van der Waals surface area contributed by atoms with Crippen molar-refractivity contribution < 1.29 is 0 Å². The highest BCUT2D eigenvalue weighted by Gasteiger charge is 2.08. The third-order valence-corrected chi connectivity index (χ3v) is 3.50. The molecular weight excluding hydrogens is 238 g/mol. The number of rotatable bonds is 1. The van der Waals surface area contributed by atoms with Crippen molar-refractivity contribution in [2.24, 2.45) is 14.1 Å². The molecule has 0 saturated carbocycles. The lowest BCUT2D eigenvalue weighted by atomic mass is 10.1. The Morgan fingerprint density at radius 1 is 0.947 bits per heavy atom. The largest absolute Gasteiger partial charge is 0.328 e. The zero-order valence-corrected chi connectivity index (χ0v) is 11.2. The van der Waals surface area contributed by atoms with Crippen molar-refractivity contribution in [3.05, 3.63) is 52.7 Å². The van der Waals surface area contributed by atoms with Gasteiger partial charge in [-0.2, -0.15) is 0 Å². The third-order valence-electron chi connectivity index (χ3n) is 3.50. The second kappa shape index (κ2) is 4.09. The Hall–Kier alpha value is -2.36. The van der Waals surface area contributed by atoms with Crippen LogP contribution in [-0.4, -0.2) is 14.1 Å². The number of nitrogens with zero attached hydrogens (tertiary/aromatic N) is 3.